The van der Waals surface area contributed by atoms with Crippen LogP contribution in [0.1, 0.15) is 22.3 Å². The van der Waals surface area contributed by atoms with Gasteiger partial charge in [0.25, 0.3) is 0 Å². The molecule has 20 heavy (non-hydrogen) atoms. The first-order chi connectivity index (χ1) is 9.38. The standard InChI is InChI=1S/C16H17BrFNO/c1-9-6-14(18)13(17)7-15(9)19-8-12-4-10(2)16(20)11(3)5-12/h4-7,19-20H,8H2,1-3H3. The molecule has 2 N–H and O–H groups in total. The lowest BCUT2D eigenvalue weighted by molar-refractivity contribution is 0.466. The smallest absolute Gasteiger partial charge is 0.137 e. The van der Waals surface area contributed by atoms with Crippen molar-refractivity contribution in [3.8, 4) is 5.75 Å². The molecule has 0 aromatic heterocycles. The first-order valence-corrected chi connectivity index (χ1v) is 7.16. The molecule has 0 aliphatic carbocycles. The van der Waals surface area contributed by atoms with Gasteiger partial charge in [-0.25, -0.2) is 4.39 Å². The molecule has 0 unspecified atom stereocenters. The van der Waals surface area contributed by atoms with Crippen molar-refractivity contribution in [2.24, 2.45) is 0 Å². The van der Waals surface area contributed by atoms with Crippen LogP contribution in [0.2, 0.25) is 0 Å². The van der Waals surface area contributed by atoms with Crippen LogP contribution < -0.4 is 5.32 Å². The van der Waals surface area contributed by atoms with Crippen molar-refractivity contribution in [2.45, 2.75) is 27.3 Å². The van der Waals surface area contributed by atoms with E-state index in [9.17, 15) is 9.50 Å². The molecule has 2 rings (SSSR count). The zero-order chi connectivity index (χ0) is 14.9. The van der Waals surface area contributed by atoms with E-state index in [4.69, 9.17) is 0 Å². The Hall–Kier alpha value is -1.55. The zero-order valence-corrected chi connectivity index (χ0v) is 13.3. The molecule has 4 heteroatoms. The quantitative estimate of drug-likeness (QED) is 0.840. The van der Waals surface area contributed by atoms with Crippen LogP contribution >= 0.6 is 15.9 Å². The topological polar surface area (TPSA) is 32.3 Å². The summed E-state index contributed by atoms with van der Waals surface area (Å²) >= 11 is 3.19. The summed E-state index contributed by atoms with van der Waals surface area (Å²) < 4.78 is 13.8. The Morgan fingerprint density at radius 1 is 1.05 bits per heavy atom. The van der Waals surface area contributed by atoms with Crippen LogP contribution in [0.15, 0.2) is 28.7 Å². The number of anilines is 1. The van der Waals surface area contributed by atoms with Gasteiger partial charge in [0.2, 0.25) is 0 Å². The summed E-state index contributed by atoms with van der Waals surface area (Å²) in [5, 5.41) is 13.1. The number of aryl methyl sites for hydroxylation is 3. The molecule has 0 aliphatic heterocycles. The number of hydrogen-bond acceptors (Lipinski definition) is 2. The summed E-state index contributed by atoms with van der Waals surface area (Å²) in [5.41, 5.74) is 4.55. The van der Waals surface area contributed by atoms with Crippen LogP contribution in [0.25, 0.3) is 0 Å². The molecule has 0 amide bonds. The minimum absolute atomic E-state index is 0.260. The highest BCUT2D eigenvalue weighted by atomic mass is 79.9. The summed E-state index contributed by atoms with van der Waals surface area (Å²) in [4.78, 5) is 0. The van der Waals surface area contributed by atoms with Gasteiger partial charge in [0.1, 0.15) is 11.6 Å². The fourth-order valence-corrected chi connectivity index (χ4v) is 2.53. The molecule has 0 bridgehead atoms. The molecule has 0 aliphatic rings. The second-order valence-electron chi connectivity index (χ2n) is 5.01. The van der Waals surface area contributed by atoms with Gasteiger partial charge < -0.3 is 10.4 Å². The predicted molar refractivity (Wildman–Crippen MR) is 83.7 cm³/mol. The van der Waals surface area contributed by atoms with Crippen LogP contribution in [0.5, 0.6) is 5.75 Å². The van der Waals surface area contributed by atoms with E-state index in [0.29, 0.717) is 16.8 Å². The van der Waals surface area contributed by atoms with Crippen molar-refractivity contribution in [3.05, 3.63) is 56.8 Å². The number of benzene rings is 2. The van der Waals surface area contributed by atoms with E-state index < -0.39 is 0 Å². The van der Waals surface area contributed by atoms with E-state index in [-0.39, 0.29) is 5.82 Å². The average Bonchev–Trinajstić information content (AvgIpc) is 2.38. The van der Waals surface area contributed by atoms with Crippen molar-refractivity contribution >= 4 is 21.6 Å². The summed E-state index contributed by atoms with van der Waals surface area (Å²) in [6, 6.07) is 7.14. The summed E-state index contributed by atoms with van der Waals surface area (Å²) in [6.45, 7) is 6.25. The highest BCUT2D eigenvalue weighted by molar-refractivity contribution is 9.10. The number of rotatable bonds is 3. The van der Waals surface area contributed by atoms with E-state index in [2.05, 4.69) is 21.2 Å². The first-order valence-electron chi connectivity index (χ1n) is 6.37. The molecule has 0 spiro atoms. The maximum atomic E-state index is 13.4. The van der Waals surface area contributed by atoms with Gasteiger partial charge in [-0.05, 0) is 71.1 Å². The first kappa shape index (κ1) is 14.9. The van der Waals surface area contributed by atoms with Gasteiger partial charge in [0.15, 0.2) is 0 Å². The van der Waals surface area contributed by atoms with E-state index >= 15 is 0 Å². The number of halogens is 2. The van der Waals surface area contributed by atoms with Crippen molar-refractivity contribution < 1.29 is 9.50 Å². The van der Waals surface area contributed by atoms with E-state index in [1.165, 1.54) is 6.07 Å². The Morgan fingerprint density at radius 3 is 2.25 bits per heavy atom. The minimum Gasteiger partial charge on any atom is -0.507 e. The van der Waals surface area contributed by atoms with Gasteiger partial charge in [-0.15, -0.1) is 0 Å². The molecular formula is C16H17BrFNO. The van der Waals surface area contributed by atoms with Gasteiger partial charge in [0, 0.05) is 12.2 Å². The van der Waals surface area contributed by atoms with Crippen molar-refractivity contribution in [2.75, 3.05) is 5.32 Å². The van der Waals surface area contributed by atoms with Crippen LogP contribution in [0, 0.1) is 26.6 Å². The Kier molecular flexibility index (Phi) is 4.33. The van der Waals surface area contributed by atoms with Gasteiger partial charge in [-0.2, -0.15) is 0 Å². The number of phenolic OH excluding ortho intramolecular Hbond substituents is 1. The molecule has 2 aromatic rings. The fraction of sp³-hybridized carbons (Fsp3) is 0.250. The molecule has 2 aromatic carbocycles. The monoisotopic (exact) mass is 337 g/mol. The normalized spacial score (nSPS) is 10.7. The van der Waals surface area contributed by atoms with Crippen LogP contribution in [0.4, 0.5) is 10.1 Å². The second-order valence-corrected chi connectivity index (χ2v) is 5.87. The Labute approximate surface area is 126 Å². The van der Waals surface area contributed by atoms with E-state index in [1.807, 2.05) is 32.9 Å². The Bertz CT molecular complexity index is 632. The van der Waals surface area contributed by atoms with Gasteiger partial charge in [0.05, 0.1) is 4.47 Å². The molecule has 0 fully saturated rings. The predicted octanol–water partition coefficient (Wildman–Crippen LogP) is 4.83. The lowest BCUT2D eigenvalue weighted by Crippen LogP contribution is -2.02. The Balaban J connectivity index is 2.19. The number of nitrogens with one attached hydrogen (secondary N) is 1. The highest BCUT2D eigenvalue weighted by Crippen LogP contribution is 2.26. The largest absolute Gasteiger partial charge is 0.507 e. The summed E-state index contributed by atoms with van der Waals surface area (Å²) in [7, 11) is 0. The molecule has 0 saturated heterocycles. The van der Waals surface area contributed by atoms with E-state index in [0.717, 1.165) is 27.9 Å². The minimum atomic E-state index is -0.260. The molecule has 0 radical (unpaired) electrons. The maximum Gasteiger partial charge on any atom is 0.137 e. The van der Waals surface area contributed by atoms with Gasteiger partial charge in [-0.3, -0.25) is 0 Å². The third kappa shape index (κ3) is 3.12. The number of aromatic hydroxyl groups is 1. The highest BCUT2D eigenvalue weighted by Gasteiger charge is 2.07. The second kappa shape index (κ2) is 5.83. The average molecular weight is 338 g/mol. The zero-order valence-electron chi connectivity index (χ0n) is 11.7. The molecule has 0 heterocycles. The SMILES string of the molecule is Cc1cc(F)c(Br)cc1NCc1cc(C)c(O)c(C)c1. The Morgan fingerprint density at radius 2 is 1.65 bits per heavy atom. The van der Waals surface area contributed by atoms with Crippen molar-refractivity contribution in [1.82, 2.24) is 0 Å². The molecule has 2 nitrogen and oxygen atoms in total. The number of hydrogen-bond donors (Lipinski definition) is 2. The van der Waals surface area contributed by atoms with Gasteiger partial charge in [-0.1, -0.05) is 12.1 Å². The lowest BCUT2D eigenvalue weighted by Gasteiger charge is -2.12. The molecule has 0 atom stereocenters. The maximum absolute atomic E-state index is 13.4. The number of phenols is 1. The van der Waals surface area contributed by atoms with Crippen molar-refractivity contribution in [1.29, 1.82) is 0 Å². The summed E-state index contributed by atoms with van der Waals surface area (Å²) in [6.07, 6.45) is 0. The van der Waals surface area contributed by atoms with E-state index in [1.54, 1.807) is 6.07 Å². The molecular weight excluding hydrogens is 321 g/mol. The molecule has 106 valence electrons. The fourth-order valence-electron chi connectivity index (χ4n) is 2.18. The molecule has 0 saturated carbocycles. The van der Waals surface area contributed by atoms with Crippen molar-refractivity contribution in [3.63, 3.8) is 0 Å². The van der Waals surface area contributed by atoms with Crippen LogP contribution in [-0.4, -0.2) is 5.11 Å². The third-order valence-corrected chi connectivity index (χ3v) is 3.91. The third-order valence-electron chi connectivity index (χ3n) is 3.30. The summed E-state index contributed by atoms with van der Waals surface area (Å²) in [5.74, 6) is 0.0822. The van der Waals surface area contributed by atoms with Gasteiger partial charge >= 0.3 is 0 Å². The van der Waals surface area contributed by atoms with Crippen LogP contribution in [0.3, 0.4) is 0 Å². The lowest BCUT2D eigenvalue weighted by atomic mass is 10.1. The van der Waals surface area contributed by atoms with Crippen LogP contribution in [-0.2, 0) is 6.54 Å².